The number of benzene rings is 1. The van der Waals surface area contributed by atoms with E-state index in [1.165, 1.54) is 12.3 Å². The van der Waals surface area contributed by atoms with Gasteiger partial charge < -0.3 is 4.42 Å². The van der Waals surface area contributed by atoms with Crippen molar-refractivity contribution in [3.63, 3.8) is 0 Å². The van der Waals surface area contributed by atoms with Gasteiger partial charge in [-0.05, 0) is 29.7 Å². The second-order valence-electron chi connectivity index (χ2n) is 6.76. The third kappa shape index (κ3) is 2.32. The highest BCUT2D eigenvalue weighted by atomic mass is 32.2. The molecule has 3 aromatic rings. The lowest BCUT2D eigenvalue weighted by Gasteiger charge is -2.03. The molecular weight excluding hydrogens is 326 g/mol. The van der Waals surface area contributed by atoms with Crippen molar-refractivity contribution in [1.29, 1.82) is 0 Å². The fourth-order valence-corrected chi connectivity index (χ4v) is 3.88. The van der Waals surface area contributed by atoms with E-state index in [1.807, 2.05) is 24.3 Å². The average Bonchev–Trinajstić information content (AvgIpc) is 2.90. The number of nitrogens with zero attached hydrogens (tertiary/aromatic N) is 2. The molecule has 2 unspecified atom stereocenters. The molecule has 24 heavy (non-hydrogen) atoms. The number of rotatable bonds is 3. The van der Waals surface area contributed by atoms with Crippen LogP contribution in [-0.2, 0) is 10.0 Å². The summed E-state index contributed by atoms with van der Waals surface area (Å²) < 4.78 is 28.6. The minimum absolute atomic E-state index is 0.0168. The lowest BCUT2D eigenvalue weighted by atomic mass is 10.1. The van der Waals surface area contributed by atoms with Gasteiger partial charge in [-0.2, -0.15) is 0 Å². The van der Waals surface area contributed by atoms with E-state index in [1.54, 1.807) is 6.07 Å². The Balaban J connectivity index is 1.69. The first-order valence-electron chi connectivity index (χ1n) is 7.63. The molecule has 1 aliphatic rings. The van der Waals surface area contributed by atoms with E-state index in [0.29, 0.717) is 5.89 Å². The largest absolute Gasteiger partial charge is 0.440 e. The van der Waals surface area contributed by atoms with Crippen molar-refractivity contribution in [3.05, 3.63) is 54.2 Å². The first-order valence-corrected chi connectivity index (χ1v) is 9.17. The van der Waals surface area contributed by atoms with E-state index in [4.69, 9.17) is 9.56 Å². The smallest absolute Gasteiger partial charge is 0.239 e. The molecule has 0 bridgehead atoms. The monoisotopic (exact) mass is 343 g/mol. The zero-order valence-electron chi connectivity index (χ0n) is 13.3. The number of para-hydroxylation sites is 2. The number of hydrogen-bond donors (Lipinski definition) is 1. The van der Waals surface area contributed by atoms with Crippen LogP contribution in [0.15, 0.2) is 51.9 Å². The molecule has 0 saturated heterocycles. The molecule has 1 fully saturated rings. The summed E-state index contributed by atoms with van der Waals surface area (Å²) in [6, 6.07) is 10.9. The van der Waals surface area contributed by atoms with Crippen LogP contribution in [0.1, 0.15) is 37.3 Å². The van der Waals surface area contributed by atoms with Crippen LogP contribution in [0, 0.1) is 5.41 Å². The molecule has 6 nitrogen and oxygen atoms in total. The lowest BCUT2D eigenvalue weighted by Crippen LogP contribution is -2.12. The molecule has 2 aromatic heterocycles. The van der Waals surface area contributed by atoms with E-state index in [0.717, 1.165) is 16.8 Å². The molecule has 0 spiro atoms. The van der Waals surface area contributed by atoms with Crippen LogP contribution in [0.3, 0.4) is 0 Å². The van der Waals surface area contributed by atoms with Gasteiger partial charge in [0.1, 0.15) is 10.4 Å². The Morgan fingerprint density at radius 3 is 2.50 bits per heavy atom. The van der Waals surface area contributed by atoms with Gasteiger partial charge in [0.15, 0.2) is 11.5 Å². The highest BCUT2D eigenvalue weighted by molar-refractivity contribution is 7.89. The number of sulfonamides is 1. The zero-order valence-corrected chi connectivity index (χ0v) is 14.1. The molecule has 2 heterocycles. The van der Waals surface area contributed by atoms with Crippen LogP contribution in [0.4, 0.5) is 0 Å². The first kappa shape index (κ1) is 15.3. The summed E-state index contributed by atoms with van der Waals surface area (Å²) in [5, 5.41) is 5.12. The molecule has 0 aliphatic heterocycles. The molecular formula is C17H17N3O3S. The molecule has 7 heteroatoms. The summed E-state index contributed by atoms with van der Waals surface area (Å²) in [4.78, 5) is 8.91. The molecule has 2 atom stereocenters. The molecule has 0 radical (unpaired) electrons. The Hall–Kier alpha value is -2.25. The molecule has 4 rings (SSSR count). The second kappa shape index (κ2) is 4.87. The number of primary sulfonamides is 1. The van der Waals surface area contributed by atoms with Crippen molar-refractivity contribution in [3.8, 4) is 0 Å². The number of hydrogen-bond acceptors (Lipinski definition) is 5. The first-order chi connectivity index (χ1) is 11.3. The maximum absolute atomic E-state index is 11.4. The van der Waals surface area contributed by atoms with Crippen molar-refractivity contribution in [2.24, 2.45) is 10.6 Å². The Morgan fingerprint density at radius 2 is 1.88 bits per heavy atom. The summed E-state index contributed by atoms with van der Waals surface area (Å²) in [7, 11) is -3.73. The fourth-order valence-electron chi connectivity index (χ4n) is 3.42. The number of pyridine rings is 1. The molecule has 2 N–H and O–H groups in total. The van der Waals surface area contributed by atoms with Gasteiger partial charge in [-0.3, -0.25) is 4.98 Å². The molecule has 1 saturated carbocycles. The summed E-state index contributed by atoms with van der Waals surface area (Å²) in [5.74, 6) is 0.932. The highest BCUT2D eigenvalue weighted by Gasteiger charge is 2.62. The minimum Gasteiger partial charge on any atom is -0.440 e. The van der Waals surface area contributed by atoms with Crippen molar-refractivity contribution in [2.45, 2.75) is 30.6 Å². The molecule has 1 aliphatic carbocycles. The van der Waals surface area contributed by atoms with Crippen LogP contribution in [0.25, 0.3) is 11.1 Å². The molecule has 124 valence electrons. The topological polar surface area (TPSA) is 99.1 Å². The maximum atomic E-state index is 11.4. The summed E-state index contributed by atoms with van der Waals surface area (Å²) in [6.45, 7) is 4.26. The minimum atomic E-state index is -3.73. The Morgan fingerprint density at radius 1 is 1.12 bits per heavy atom. The third-order valence-electron chi connectivity index (χ3n) is 4.81. The van der Waals surface area contributed by atoms with Gasteiger partial charge in [0.25, 0.3) is 0 Å². The normalized spacial score (nSPS) is 22.6. The van der Waals surface area contributed by atoms with E-state index in [9.17, 15) is 8.42 Å². The maximum Gasteiger partial charge on any atom is 0.239 e. The fraction of sp³-hybridized carbons (Fsp3) is 0.294. The van der Waals surface area contributed by atoms with Crippen LogP contribution < -0.4 is 5.14 Å². The zero-order chi connectivity index (χ0) is 17.1. The van der Waals surface area contributed by atoms with Gasteiger partial charge in [-0.1, -0.05) is 26.0 Å². The van der Waals surface area contributed by atoms with Gasteiger partial charge in [0.05, 0.1) is 5.92 Å². The lowest BCUT2D eigenvalue weighted by molar-refractivity contribution is 0.493. The van der Waals surface area contributed by atoms with Crippen molar-refractivity contribution < 1.29 is 12.8 Å². The average molecular weight is 343 g/mol. The van der Waals surface area contributed by atoms with Crippen LogP contribution in [-0.4, -0.2) is 18.4 Å². The van der Waals surface area contributed by atoms with Gasteiger partial charge in [-0.15, -0.1) is 0 Å². The van der Waals surface area contributed by atoms with Crippen LogP contribution in [0.2, 0.25) is 0 Å². The van der Waals surface area contributed by atoms with Crippen molar-refractivity contribution in [2.75, 3.05) is 0 Å². The number of fused-ring (bicyclic) bond motifs is 1. The summed E-state index contributed by atoms with van der Waals surface area (Å²) in [5.41, 5.74) is 2.37. The van der Waals surface area contributed by atoms with Gasteiger partial charge in [0, 0.05) is 17.8 Å². The number of aromatic nitrogens is 2. The Bertz CT molecular complexity index is 990. The van der Waals surface area contributed by atoms with Crippen molar-refractivity contribution >= 4 is 21.1 Å². The van der Waals surface area contributed by atoms with E-state index in [-0.39, 0.29) is 22.1 Å². The van der Waals surface area contributed by atoms with Crippen LogP contribution >= 0.6 is 0 Å². The second-order valence-corrected chi connectivity index (χ2v) is 8.32. The van der Waals surface area contributed by atoms with Gasteiger partial charge in [0.2, 0.25) is 10.0 Å². The highest BCUT2D eigenvalue weighted by Crippen LogP contribution is 2.69. The SMILES string of the molecule is CC1(C)C(c2ccc(S(N)(=O)=O)cn2)C1c1nc2ccccc2o1. The quantitative estimate of drug-likeness (QED) is 0.788. The van der Waals surface area contributed by atoms with E-state index >= 15 is 0 Å². The number of nitrogens with two attached hydrogens (primary N) is 1. The molecule has 0 amide bonds. The van der Waals surface area contributed by atoms with Crippen molar-refractivity contribution in [1.82, 2.24) is 9.97 Å². The Kier molecular flexibility index (Phi) is 3.10. The van der Waals surface area contributed by atoms with Gasteiger partial charge in [-0.25, -0.2) is 18.5 Å². The van der Waals surface area contributed by atoms with E-state index < -0.39 is 10.0 Å². The van der Waals surface area contributed by atoms with Gasteiger partial charge >= 0.3 is 0 Å². The predicted octanol–water partition coefficient (Wildman–Crippen LogP) is 2.78. The summed E-state index contributed by atoms with van der Waals surface area (Å²) in [6.07, 6.45) is 1.31. The third-order valence-corrected chi connectivity index (χ3v) is 5.71. The van der Waals surface area contributed by atoms with Crippen LogP contribution in [0.5, 0.6) is 0 Å². The summed E-state index contributed by atoms with van der Waals surface area (Å²) >= 11 is 0. The molecule has 1 aromatic carbocycles. The number of oxazole rings is 1. The van der Waals surface area contributed by atoms with E-state index in [2.05, 4.69) is 23.8 Å². The standard InChI is InChI=1S/C17H17N3O3S/c1-17(2)14(12-8-7-10(9-19-12)24(18,21)22)15(17)16-20-11-5-3-4-6-13(11)23-16/h3-9,14-15H,1-2H3,(H2,18,21,22). The Labute approximate surface area is 139 Å². The predicted molar refractivity (Wildman–Crippen MR) is 88.9 cm³/mol.